The summed E-state index contributed by atoms with van der Waals surface area (Å²) in [5.41, 5.74) is 1.88. The quantitative estimate of drug-likeness (QED) is 0.487. The standard InChI is InChI=1S/C26H36O5/c1-7-9-19-14-20-10-8-11-22-24(31-26(5,6)30-22)17(3)13-12-16(2)18(4)29-25(28)23(20)21(27)15-19/h8,10,12-18,22,24,27H,7,9,11H2,1-6H3/b10-8+,13-12-/t16-,17?,18+,22+,24-/m1/s1. The predicted octanol–water partition coefficient (Wildman–Crippen LogP) is 5.66. The smallest absolute Gasteiger partial charge is 0.342 e. The number of aryl methyl sites for hydroxylation is 1. The van der Waals surface area contributed by atoms with Crippen molar-refractivity contribution in [2.24, 2.45) is 11.8 Å². The molecule has 0 aliphatic carbocycles. The van der Waals surface area contributed by atoms with Crippen LogP contribution < -0.4 is 0 Å². The number of phenolic OH excluding ortho intramolecular Hbond substituents is 1. The zero-order valence-electron chi connectivity index (χ0n) is 19.6. The number of cyclic esters (lactones) is 1. The molecular formula is C26H36O5. The van der Waals surface area contributed by atoms with Crippen LogP contribution >= 0.6 is 0 Å². The number of hydrogen-bond acceptors (Lipinski definition) is 5. The van der Waals surface area contributed by atoms with Crippen molar-refractivity contribution in [3.8, 4) is 5.75 Å². The molecular weight excluding hydrogens is 392 g/mol. The molecule has 2 aliphatic heterocycles. The van der Waals surface area contributed by atoms with Gasteiger partial charge in [-0.3, -0.25) is 0 Å². The lowest BCUT2D eigenvalue weighted by Gasteiger charge is -2.23. The number of carbonyl (C=O) groups is 1. The largest absolute Gasteiger partial charge is 0.507 e. The van der Waals surface area contributed by atoms with Crippen molar-refractivity contribution >= 4 is 12.0 Å². The van der Waals surface area contributed by atoms with E-state index in [1.807, 2.05) is 45.9 Å². The van der Waals surface area contributed by atoms with Crippen LogP contribution in [0.5, 0.6) is 5.75 Å². The van der Waals surface area contributed by atoms with Crippen LogP contribution in [0.25, 0.3) is 6.08 Å². The van der Waals surface area contributed by atoms with Gasteiger partial charge in [0.05, 0.1) is 12.2 Å². The van der Waals surface area contributed by atoms with E-state index in [4.69, 9.17) is 14.2 Å². The van der Waals surface area contributed by atoms with Crippen molar-refractivity contribution in [1.82, 2.24) is 0 Å². The molecule has 1 saturated heterocycles. The molecule has 0 saturated carbocycles. The summed E-state index contributed by atoms with van der Waals surface area (Å²) in [5.74, 6) is -1.00. The first-order valence-electron chi connectivity index (χ1n) is 11.4. The SMILES string of the molecule is CCCc1cc(O)c2c(c1)/C=C/C[C@@H]1OC(C)(C)O[C@@H]1C(C)/C=C\[C@@H](C)[C@H](C)OC2=O. The van der Waals surface area contributed by atoms with E-state index in [0.717, 1.165) is 18.4 Å². The average molecular weight is 429 g/mol. The second kappa shape index (κ2) is 9.58. The summed E-state index contributed by atoms with van der Waals surface area (Å²) in [5, 5.41) is 10.7. The molecule has 170 valence electrons. The highest BCUT2D eigenvalue weighted by molar-refractivity contribution is 5.96. The van der Waals surface area contributed by atoms with Gasteiger partial charge in [-0.15, -0.1) is 0 Å². The average Bonchev–Trinajstić information content (AvgIpc) is 2.99. The molecule has 1 fully saturated rings. The van der Waals surface area contributed by atoms with Crippen LogP contribution in [0, 0.1) is 11.8 Å². The van der Waals surface area contributed by atoms with Gasteiger partial charge < -0.3 is 19.3 Å². The Morgan fingerprint density at radius 2 is 1.81 bits per heavy atom. The van der Waals surface area contributed by atoms with Crippen LogP contribution in [0.4, 0.5) is 0 Å². The molecule has 2 heterocycles. The molecule has 1 unspecified atom stereocenters. The highest BCUT2D eigenvalue weighted by atomic mass is 16.8. The Morgan fingerprint density at radius 3 is 2.52 bits per heavy atom. The number of esters is 1. The molecule has 0 spiro atoms. The maximum atomic E-state index is 13.0. The molecule has 5 nitrogen and oxygen atoms in total. The number of rotatable bonds is 2. The fraction of sp³-hybridized carbons (Fsp3) is 0.577. The fourth-order valence-electron chi connectivity index (χ4n) is 4.27. The van der Waals surface area contributed by atoms with Crippen molar-refractivity contribution in [3.05, 3.63) is 47.1 Å². The molecule has 5 heteroatoms. The first kappa shape index (κ1) is 23.6. The molecule has 0 amide bonds. The Kier molecular flexibility index (Phi) is 7.28. The second-order valence-electron chi connectivity index (χ2n) is 9.32. The van der Waals surface area contributed by atoms with E-state index >= 15 is 0 Å². The van der Waals surface area contributed by atoms with Crippen molar-refractivity contribution < 1.29 is 24.1 Å². The molecule has 0 aromatic heterocycles. The fourth-order valence-corrected chi connectivity index (χ4v) is 4.27. The molecule has 1 N–H and O–H groups in total. The molecule has 5 atom stereocenters. The first-order valence-corrected chi connectivity index (χ1v) is 11.4. The van der Waals surface area contributed by atoms with Crippen LogP contribution in [0.15, 0.2) is 30.4 Å². The lowest BCUT2D eigenvalue weighted by Crippen LogP contribution is -2.29. The summed E-state index contributed by atoms with van der Waals surface area (Å²) in [6.07, 6.45) is 10.0. The van der Waals surface area contributed by atoms with Crippen LogP contribution in [0.1, 0.15) is 75.9 Å². The summed E-state index contributed by atoms with van der Waals surface area (Å²) >= 11 is 0. The maximum Gasteiger partial charge on any atom is 0.342 e. The summed E-state index contributed by atoms with van der Waals surface area (Å²) in [6, 6.07) is 3.63. The topological polar surface area (TPSA) is 65.0 Å². The number of ether oxygens (including phenoxy) is 3. The van der Waals surface area contributed by atoms with Gasteiger partial charge in [-0.1, -0.05) is 57.6 Å². The number of hydrogen-bond donors (Lipinski definition) is 1. The van der Waals surface area contributed by atoms with Gasteiger partial charge in [0, 0.05) is 11.8 Å². The van der Waals surface area contributed by atoms with Crippen LogP contribution in [-0.4, -0.2) is 35.2 Å². The molecule has 3 rings (SSSR count). The Labute approximate surface area is 186 Å². The number of benzene rings is 1. The lowest BCUT2D eigenvalue weighted by atomic mass is 9.94. The van der Waals surface area contributed by atoms with Crippen LogP contribution in [0.3, 0.4) is 0 Å². The van der Waals surface area contributed by atoms with E-state index in [1.54, 1.807) is 6.07 Å². The third kappa shape index (κ3) is 5.58. The minimum Gasteiger partial charge on any atom is -0.507 e. The lowest BCUT2D eigenvalue weighted by molar-refractivity contribution is -0.148. The van der Waals surface area contributed by atoms with Gasteiger partial charge in [0.1, 0.15) is 17.4 Å². The van der Waals surface area contributed by atoms with Crippen molar-refractivity contribution in [2.75, 3.05) is 0 Å². The van der Waals surface area contributed by atoms with Gasteiger partial charge in [0.15, 0.2) is 5.79 Å². The number of carbonyl (C=O) groups excluding carboxylic acids is 1. The molecule has 31 heavy (non-hydrogen) atoms. The van der Waals surface area contributed by atoms with Gasteiger partial charge in [-0.05, 0) is 50.8 Å². The monoisotopic (exact) mass is 428 g/mol. The minimum absolute atomic E-state index is 0.0172. The van der Waals surface area contributed by atoms with Crippen molar-refractivity contribution in [2.45, 2.75) is 84.9 Å². The van der Waals surface area contributed by atoms with Gasteiger partial charge in [-0.2, -0.15) is 0 Å². The van der Waals surface area contributed by atoms with E-state index in [-0.39, 0.29) is 41.5 Å². The Morgan fingerprint density at radius 1 is 1.10 bits per heavy atom. The highest BCUT2D eigenvalue weighted by Gasteiger charge is 2.42. The predicted molar refractivity (Wildman–Crippen MR) is 122 cm³/mol. The van der Waals surface area contributed by atoms with Crippen molar-refractivity contribution in [3.63, 3.8) is 0 Å². The summed E-state index contributed by atoms with van der Waals surface area (Å²) < 4.78 is 18.1. The van der Waals surface area contributed by atoms with E-state index in [9.17, 15) is 9.90 Å². The van der Waals surface area contributed by atoms with Crippen LogP contribution in [0.2, 0.25) is 0 Å². The minimum atomic E-state index is -0.637. The molecule has 1 aromatic rings. The van der Waals surface area contributed by atoms with E-state index in [2.05, 4.69) is 26.0 Å². The van der Waals surface area contributed by atoms with E-state index in [0.29, 0.717) is 12.0 Å². The second-order valence-corrected chi connectivity index (χ2v) is 9.32. The van der Waals surface area contributed by atoms with Gasteiger partial charge in [-0.25, -0.2) is 4.79 Å². The number of fused-ring (bicyclic) bond motifs is 2. The highest BCUT2D eigenvalue weighted by Crippen LogP contribution is 2.35. The Bertz CT molecular complexity index is 854. The summed E-state index contributed by atoms with van der Waals surface area (Å²) in [7, 11) is 0. The zero-order valence-corrected chi connectivity index (χ0v) is 19.6. The first-order chi connectivity index (χ1) is 14.6. The Balaban J connectivity index is 2.03. The number of phenols is 1. The molecule has 0 radical (unpaired) electrons. The third-order valence-corrected chi connectivity index (χ3v) is 6.11. The van der Waals surface area contributed by atoms with Gasteiger partial charge in [0.2, 0.25) is 0 Å². The molecule has 2 aliphatic rings. The van der Waals surface area contributed by atoms with Crippen molar-refractivity contribution in [1.29, 1.82) is 0 Å². The van der Waals surface area contributed by atoms with Gasteiger partial charge in [0.25, 0.3) is 0 Å². The molecule has 1 aromatic carbocycles. The van der Waals surface area contributed by atoms with E-state index in [1.165, 1.54) is 0 Å². The van der Waals surface area contributed by atoms with Gasteiger partial charge >= 0.3 is 5.97 Å². The number of aromatic hydroxyl groups is 1. The summed E-state index contributed by atoms with van der Waals surface area (Å²) in [6.45, 7) is 12.0. The van der Waals surface area contributed by atoms with Crippen LogP contribution in [-0.2, 0) is 20.6 Å². The third-order valence-electron chi connectivity index (χ3n) is 6.11. The normalized spacial score (nSPS) is 33.0. The summed E-state index contributed by atoms with van der Waals surface area (Å²) in [4.78, 5) is 13.0. The molecule has 0 bridgehead atoms. The van der Waals surface area contributed by atoms with E-state index < -0.39 is 11.8 Å². The zero-order chi connectivity index (χ0) is 22.8. The maximum absolute atomic E-state index is 13.0. The Hall–Kier alpha value is -2.11.